The van der Waals surface area contributed by atoms with Gasteiger partial charge in [0, 0.05) is 16.4 Å². The van der Waals surface area contributed by atoms with Crippen LogP contribution in [-0.4, -0.2) is 29.3 Å². The fraction of sp³-hybridized carbons (Fsp3) is 0.107. The van der Waals surface area contributed by atoms with Crippen LogP contribution in [0.15, 0.2) is 107 Å². The van der Waals surface area contributed by atoms with E-state index in [2.05, 4.69) is 10.0 Å². The fourth-order valence-electron chi connectivity index (χ4n) is 3.84. The van der Waals surface area contributed by atoms with E-state index < -0.39 is 32.5 Å². The SMILES string of the molecule is Cc1cccc(NS(=O)(=O)c2ccc(NC(=O)CN(c3cc(Cl)ccc3C)S(=O)(=O)c3ccccc3)cc2)c1. The van der Waals surface area contributed by atoms with E-state index in [0.717, 1.165) is 9.87 Å². The molecule has 0 atom stereocenters. The molecule has 4 rings (SSSR count). The number of amides is 1. The predicted octanol–water partition coefficient (Wildman–Crippen LogP) is 5.59. The lowest BCUT2D eigenvalue weighted by atomic mass is 10.2. The first-order valence-corrected chi connectivity index (χ1v) is 15.1. The molecule has 2 N–H and O–H groups in total. The summed E-state index contributed by atoms with van der Waals surface area (Å²) >= 11 is 6.16. The molecule has 8 nitrogen and oxygen atoms in total. The summed E-state index contributed by atoms with van der Waals surface area (Å²) in [7, 11) is -7.97. The molecule has 0 fully saturated rings. The highest BCUT2D eigenvalue weighted by molar-refractivity contribution is 7.93. The molecule has 0 radical (unpaired) electrons. The van der Waals surface area contributed by atoms with Crippen LogP contribution in [0.5, 0.6) is 0 Å². The first-order chi connectivity index (χ1) is 18.5. The first-order valence-electron chi connectivity index (χ1n) is 11.8. The monoisotopic (exact) mass is 583 g/mol. The zero-order valence-corrected chi connectivity index (χ0v) is 23.5. The number of carbonyl (C=O) groups is 1. The minimum atomic E-state index is -4.11. The Hall–Kier alpha value is -3.86. The maximum atomic E-state index is 13.5. The Bertz CT molecular complexity index is 1710. The van der Waals surface area contributed by atoms with Crippen molar-refractivity contribution in [1.82, 2.24) is 0 Å². The Morgan fingerprint density at radius 1 is 0.769 bits per heavy atom. The van der Waals surface area contributed by atoms with Crippen molar-refractivity contribution in [1.29, 1.82) is 0 Å². The minimum Gasteiger partial charge on any atom is -0.325 e. The third-order valence-electron chi connectivity index (χ3n) is 5.78. The van der Waals surface area contributed by atoms with Crippen LogP contribution in [0.25, 0.3) is 0 Å². The van der Waals surface area contributed by atoms with Crippen molar-refractivity contribution in [3.63, 3.8) is 0 Å². The third kappa shape index (κ3) is 6.78. The van der Waals surface area contributed by atoms with Gasteiger partial charge in [0.2, 0.25) is 5.91 Å². The maximum Gasteiger partial charge on any atom is 0.264 e. The number of halogens is 1. The zero-order valence-electron chi connectivity index (χ0n) is 21.1. The Balaban J connectivity index is 1.55. The Kier molecular flexibility index (Phi) is 8.29. The molecule has 39 heavy (non-hydrogen) atoms. The van der Waals surface area contributed by atoms with Gasteiger partial charge >= 0.3 is 0 Å². The lowest BCUT2D eigenvalue weighted by Gasteiger charge is -2.26. The fourth-order valence-corrected chi connectivity index (χ4v) is 6.56. The minimum absolute atomic E-state index is 0.00448. The van der Waals surface area contributed by atoms with Crippen molar-refractivity contribution in [2.45, 2.75) is 23.6 Å². The van der Waals surface area contributed by atoms with Gasteiger partial charge in [0.05, 0.1) is 15.5 Å². The van der Waals surface area contributed by atoms with Gasteiger partial charge in [-0.05, 0) is 85.6 Å². The number of carbonyl (C=O) groups excluding carboxylic acids is 1. The van der Waals surface area contributed by atoms with E-state index in [4.69, 9.17) is 11.6 Å². The highest BCUT2D eigenvalue weighted by Gasteiger charge is 2.28. The smallest absolute Gasteiger partial charge is 0.264 e. The Morgan fingerprint density at radius 3 is 2.13 bits per heavy atom. The van der Waals surface area contributed by atoms with Crippen molar-refractivity contribution in [3.8, 4) is 0 Å². The predicted molar refractivity (Wildman–Crippen MR) is 154 cm³/mol. The molecule has 0 aliphatic rings. The van der Waals surface area contributed by atoms with Gasteiger partial charge in [-0.2, -0.15) is 0 Å². The highest BCUT2D eigenvalue weighted by atomic mass is 35.5. The number of sulfonamides is 2. The van der Waals surface area contributed by atoms with E-state index in [0.29, 0.717) is 22.0 Å². The van der Waals surface area contributed by atoms with E-state index in [9.17, 15) is 21.6 Å². The summed E-state index contributed by atoms with van der Waals surface area (Å²) in [4.78, 5) is 13.1. The number of nitrogens with zero attached hydrogens (tertiary/aromatic N) is 1. The summed E-state index contributed by atoms with van der Waals surface area (Å²) in [5.41, 5.74) is 2.52. The average Bonchev–Trinajstić information content (AvgIpc) is 2.89. The van der Waals surface area contributed by atoms with Gasteiger partial charge in [-0.25, -0.2) is 16.8 Å². The number of rotatable bonds is 9. The molecule has 202 valence electrons. The Labute approximate surface area is 233 Å². The molecule has 0 saturated carbocycles. The molecule has 1 amide bonds. The van der Waals surface area contributed by atoms with E-state index in [1.807, 2.05) is 13.0 Å². The van der Waals surface area contributed by atoms with Crippen LogP contribution in [0.3, 0.4) is 0 Å². The van der Waals surface area contributed by atoms with Crippen LogP contribution >= 0.6 is 11.6 Å². The van der Waals surface area contributed by atoms with Crippen molar-refractivity contribution in [3.05, 3.63) is 113 Å². The Morgan fingerprint density at radius 2 is 1.46 bits per heavy atom. The van der Waals surface area contributed by atoms with Crippen LogP contribution < -0.4 is 14.3 Å². The second-order valence-corrected chi connectivity index (χ2v) is 12.8. The normalized spacial score (nSPS) is 11.6. The van der Waals surface area contributed by atoms with Gasteiger partial charge in [-0.15, -0.1) is 0 Å². The molecule has 0 saturated heterocycles. The second-order valence-electron chi connectivity index (χ2n) is 8.80. The summed E-state index contributed by atoms with van der Waals surface area (Å²) in [6, 6.07) is 25.1. The molecule has 4 aromatic rings. The standard InChI is InChI=1S/C28H26ClN3O5S2/c1-20-7-6-8-24(17-20)31-38(34,35)25-15-13-23(14-16-25)30-28(33)19-32(27-18-22(29)12-11-21(27)2)39(36,37)26-9-4-3-5-10-26/h3-18,31H,19H2,1-2H3,(H,30,33). The summed E-state index contributed by atoms with van der Waals surface area (Å²) < 4.78 is 56.1. The molecule has 0 bridgehead atoms. The molecule has 0 spiro atoms. The molecule has 0 aromatic heterocycles. The summed E-state index contributed by atoms with van der Waals surface area (Å²) in [6.07, 6.45) is 0. The van der Waals surface area contributed by atoms with Crippen molar-refractivity contribution < 1.29 is 21.6 Å². The van der Waals surface area contributed by atoms with Crippen molar-refractivity contribution in [2.75, 3.05) is 20.9 Å². The molecule has 4 aromatic carbocycles. The summed E-state index contributed by atoms with van der Waals surface area (Å²) in [5.74, 6) is -0.623. The lowest BCUT2D eigenvalue weighted by Crippen LogP contribution is -2.38. The van der Waals surface area contributed by atoms with Crippen LogP contribution in [0, 0.1) is 13.8 Å². The molecular weight excluding hydrogens is 558 g/mol. The van der Waals surface area contributed by atoms with E-state index >= 15 is 0 Å². The van der Waals surface area contributed by atoms with Crippen LogP contribution in [0.1, 0.15) is 11.1 Å². The molecule has 0 aliphatic carbocycles. The van der Waals surface area contributed by atoms with Crippen molar-refractivity contribution >= 4 is 54.6 Å². The summed E-state index contributed by atoms with van der Waals surface area (Å²) in [5, 5.41) is 2.96. The number of hydrogen-bond donors (Lipinski definition) is 2. The molecular formula is C28H26ClN3O5S2. The van der Waals surface area contributed by atoms with Gasteiger partial charge in [-0.1, -0.05) is 48.0 Å². The number of hydrogen-bond acceptors (Lipinski definition) is 5. The van der Waals surface area contributed by atoms with Gasteiger partial charge in [-0.3, -0.25) is 13.8 Å². The molecule has 0 heterocycles. The van der Waals surface area contributed by atoms with Crippen LogP contribution in [0.2, 0.25) is 5.02 Å². The number of nitrogens with one attached hydrogen (secondary N) is 2. The quantitative estimate of drug-likeness (QED) is 0.267. The highest BCUT2D eigenvalue weighted by Crippen LogP contribution is 2.29. The number of benzene rings is 4. The van der Waals surface area contributed by atoms with Gasteiger partial charge in [0.1, 0.15) is 6.54 Å². The van der Waals surface area contributed by atoms with Gasteiger partial charge in [0.15, 0.2) is 0 Å². The molecule has 0 unspecified atom stereocenters. The summed E-state index contributed by atoms with van der Waals surface area (Å²) in [6.45, 7) is 3.05. The molecule has 11 heteroatoms. The topological polar surface area (TPSA) is 113 Å². The first kappa shape index (κ1) is 28.2. The molecule has 0 aliphatic heterocycles. The van der Waals surface area contributed by atoms with Crippen LogP contribution in [-0.2, 0) is 24.8 Å². The van der Waals surface area contributed by atoms with E-state index in [1.54, 1.807) is 55.5 Å². The zero-order chi connectivity index (χ0) is 28.2. The van der Waals surface area contributed by atoms with Gasteiger partial charge < -0.3 is 5.32 Å². The number of aryl methyl sites for hydroxylation is 2. The average molecular weight is 584 g/mol. The second kappa shape index (κ2) is 11.5. The maximum absolute atomic E-state index is 13.5. The van der Waals surface area contributed by atoms with Gasteiger partial charge in [0.25, 0.3) is 20.0 Å². The van der Waals surface area contributed by atoms with E-state index in [-0.39, 0.29) is 15.5 Å². The lowest BCUT2D eigenvalue weighted by molar-refractivity contribution is -0.114. The number of anilines is 3. The largest absolute Gasteiger partial charge is 0.325 e. The third-order valence-corrected chi connectivity index (χ3v) is 9.18. The van der Waals surface area contributed by atoms with Crippen molar-refractivity contribution in [2.24, 2.45) is 0 Å². The van der Waals surface area contributed by atoms with Crippen LogP contribution in [0.4, 0.5) is 17.1 Å². The van der Waals surface area contributed by atoms with E-state index in [1.165, 1.54) is 42.5 Å².